The van der Waals surface area contributed by atoms with Gasteiger partial charge < -0.3 is 10.2 Å². The molecule has 0 amide bonds. The van der Waals surface area contributed by atoms with E-state index in [4.69, 9.17) is 5.11 Å². The molecule has 0 fully saturated rings. The fourth-order valence-corrected chi connectivity index (χ4v) is 3.69. The molecule has 0 bridgehead atoms. The van der Waals surface area contributed by atoms with Crippen LogP contribution in [0.2, 0.25) is 0 Å². The number of sulfonamides is 1. The zero-order valence-corrected chi connectivity index (χ0v) is 13.3. The second kappa shape index (κ2) is 6.80. The van der Waals surface area contributed by atoms with Gasteiger partial charge in [0.05, 0.1) is 28.8 Å². The van der Waals surface area contributed by atoms with Crippen LogP contribution in [-0.2, 0) is 10.0 Å². The van der Waals surface area contributed by atoms with Crippen LogP contribution in [0.4, 0.5) is 5.69 Å². The van der Waals surface area contributed by atoms with Gasteiger partial charge in [0, 0.05) is 0 Å². The van der Waals surface area contributed by atoms with Crippen molar-refractivity contribution < 1.29 is 23.4 Å². The van der Waals surface area contributed by atoms with Gasteiger partial charge in [-0.05, 0) is 37.3 Å². The van der Waals surface area contributed by atoms with Crippen LogP contribution >= 0.6 is 0 Å². The van der Waals surface area contributed by atoms with E-state index in [1.54, 1.807) is 30.3 Å². The van der Waals surface area contributed by atoms with Crippen LogP contribution in [-0.4, -0.2) is 37.2 Å². The molecule has 6 nitrogen and oxygen atoms in total. The number of benzene rings is 2. The summed E-state index contributed by atoms with van der Waals surface area (Å²) in [6, 6.07) is 13.5. The Morgan fingerprint density at radius 2 is 1.78 bits per heavy atom. The molecule has 0 aromatic heterocycles. The van der Waals surface area contributed by atoms with Crippen molar-refractivity contribution in [2.45, 2.75) is 17.9 Å². The van der Waals surface area contributed by atoms with Crippen molar-refractivity contribution in [2.24, 2.45) is 0 Å². The minimum absolute atomic E-state index is 0.115. The second-order valence-corrected chi connectivity index (χ2v) is 6.92. The summed E-state index contributed by atoms with van der Waals surface area (Å²) in [5, 5.41) is 18.7. The number of rotatable bonds is 6. The molecule has 23 heavy (non-hydrogen) atoms. The van der Waals surface area contributed by atoms with E-state index in [-0.39, 0.29) is 17.0 Å². The van der Waals surface area contributed by atoms with Gasteiger partial charge in [-0.15, -0.1) is 0 Å². The molecule has 0 aliphatic rings. The van der Waals surface area contributed by atoms with E-state index in [1.165, 1.54) is 25.1 Å². The Morgan fingerprint density at radius 1 is 1.13 bits per heavy atom. The van der Waals surface area contributed by atoms with Gasteiger partial charge in [0.1, 0.15) is 0 Å². The number of hydrogen-bond acceptors (Lipinski definition) is 4. The van der Waals surface area contributed by atoms with Crippen molar-refractivity contribution >= 4 is 21.7 Å². The summed E-state index contributed by atoms with van der Waals surface area (Å²) >= 11 is 0. The average molecular weight is 335 g/mol. The number of nitrogens with zero attached hydrogens (tertiary/aromatic N) is 1. The minimum atomic E-state index is -4.00. The quantitative estimate of drug-likeness (QED) is 0.841. The van der Waals surface area contributed by atoms with Gasteiger partial charge in [-0.25, -0.2) is 13.2 Å². The van der Waals surface area contributed by atoms with Crippen molar-refractivity contribution in [3.8, 4) is 0 Å². The first-order valence-corrected chi connectivity index (χ1v) is 8.35. The number of carbonyl (C=O) groups is 1. The van der Waals surface area contributed by atoms with Gasteiger partial charge in [-0.2, -0.15) is 0 Å². The van der Waals surface area contributed by atoms with Gasteiger partial charge in [-0.1, -0.05) is 24.3 Å². The number of carboxylic acids is 1. The highest BCUT2D eigenvalue weighted by Gasteiger charge is 2.26. The molecule has 2 N–H and O–H groups in total. The predicted molar refractivity (Wildman–Crippen MR) is 86.1 cm³/mol. The molecule has 2 rings (SSSR count). The molecule has 0 radical (unpaired) electrons. The number of anilines is 1. The van der Waals surface area contributed by atoms with Crippen LogP contribution in [0.25, 0.3) is 0 Å². The van der Waals surface area contributed by atoms with Crippen LogP contribution < -0.4 is 4.31 Å². The molecule has 0 heterocycles. The average Bonchev–Trinajstić information content (AvgIpc) is 2.53. The van der Waals surface area contributed by atoms with Gasteiger partial charge in [0.2, 0.25) is 0 Å². The second-order valence-electron chi connectivity index (χ2n) is 5.05. The molecule has 0 aliphatic heterocycles. The number of hydrogen-bond donors (Lipinski definition) is 2. The highest BCUT2D eigenvalue weighted by Crippen LogP contribution is 2.24. The number of carboxylic acid groups (broad SMARTS) is 1. The molecule has 0 saturated heterocycles. The van der Waals surface area contributed by atoms with Gasteiger partial charge in [0.25, 0.3) is 10.0 Å². The number of para-hydroxylation sites is 1. The lowest BCUT2D eigenvalue weighted by atomic mass is 10.2. The molecular weight excluding hydrogens is 318 g/mol. The van der Waals surface area contributed by atoms with Crippen molar-refractivity contribution in [1.29, 1.82) is 0 Å². The van der Waals surface area contributed by atoms with E-state index >= 15 is 0 Å². The van der Waals surface area contributed by atoms with E-state index in [0.29, 0.717) is 5.69 Å². The summed E-state index contributed by atoms with van der Waals surface area (Å²) in [5.41, 5.74) is 0.283. The third kappa shape index (κ3) is 3.88. The molecule has 1 atom stereocenters. The molecule has 0 aliphatic carbocycles. The maximum absolute atomic E-state index is 12.9. The summed E-state index contributed by atoms with van der Waals surface area (Å²) in [6.07, 6.45) is -0.882. The molecule has 0 saturated carbocycles. The standard InChI is InChI=1S/C16H17NO5S/c1-12(18)11-17(14-7-3-2-4-8-14)23(21,22)15-9-5-6-13(10-15)16(19)20/h2-10,12,18H,11H2,1H3,(H,19,20)/t12-/m0/s1. The number of aliphatic hydroxyl groups excluding tert-OH is 1. The van der Waals surface area contributed by atoms with E-state index in [2.05, 4.69) is 0 Å². The van der Waals surface area contributed by atoms with Crippen molar-refractivity contribution in [3.05, 3.63) is 60.2 Å². The molecule has 0 unspecified atom stereocenters. The van der Waals surface area contributed by atoms with E-state index in [9.17, 15) is 18.3 Å². The monoisotopic (exact) mass is 335 g/mol. The third-order valence-electron chi connectivity index (χ3n) is 3.14. The molecular formula is C16H17NO5S. The Morgan fingerprint density at radius 3 is 2.35 bits per heavy atom. The summed E-state index contributed by atoms with van der Waals surface area (Å²) < 4.78 is 26.8. The zero-order chi connectivity index (χ0) is 17.0. The van der Waals surface area contributed by atoms with Crippen molar-refractivity contribution in [1.82, 2.24) is 0 Å². The van der Waals surface area contributed by atoms with Crippen molar-refractivity contribution in [2.75, 3.05) is 10.8 Å². The van der Waals surface area contributed by atoms with Gasteiger partial charge in [-0.3, -0.25) is 4.31 Å². The molecule has 2 aromatic carbocycles. The number of aromatic carboxylic acids is 1. The summed E-state index contributed by atoms with van der Waals surface area (Å²) in [6.45, 7) is 1.35. The minimum Gasteiger partial charge on any atom is -0.478 e. The molecule has 0 spiro atoms. The Kier molecular flexibility index (Phi) is 5.02. The Bertz CT molecular complexity index is 787. The van der Waals surface area contributed by atoms with E-state index in [0.717, 1.165) is 10.4 Å². The van der Waals surface area contributed by atoms with E-state index < -0.39 is 22.1 Å². The van der Waals surface area contributed by atoms with Crippen LogP contribution in [0.3, 0.4) is 0 Å². The summed E-state index contributed by atoms with van der Waals surface area (Å²) in [5.74, 6) is -1.20. The maximum Gasteiger partial charge on any atom is 0.335 e. The topological polar surface area (TPSA) is 94.9 Å². The van der Waals surface area contributed by atoms with Crippen LogP contribution in [0.15, 0.2) is 59.5 Å². The van der Waals surface area contributed by atoms with Crippen LogP contribution in [0, 0.1) is 0 Å². The normalized spacial score (nSPS) is 12.6. The summed E-state index contributed by atoms with van der Waals surface area (Å²) in [7, 11) is -4.00. The summed E-state index contributed by atoms with van der Waals surface area (Å²) in [4.78, 5) is 10.9. The zero-order valence-electron chi connectivity index (χ0n) is 12.5. The Labute approximate surface area is 134 Å². The first-order chi connectivity index (χ1) is 10.8. The first kappa shape index (κ1) is 17.0. The number of aliphatic hydroxyl groups is 1. The largest absolute Gasteiger partial charge is 0.478 e. The lowest BCUT2D eigenvalue weighted by molar-refractivity contribution is 0.0696. The maximum atomic E-state index is 12.9. The molecule has 7 heteroatoms. The Hall–Kier alpha value is -2.38. The van der Waals surface area contributed by atoms with Crippen LogP contribution in [0.1, 0.15) is 17.3 Å². The fraction of sp³-hybridized carbons (Fsp3) is 0.188. The SMILES string of the molecule is C[C@H](O)CN(c1ccccc1)S(=O)(=O)c1cccc(C(=O)O)c1. The predicted octanol–water partition coefficient (Wildman–Crippen LogP) is 1.96. The van der Waals surface area contributed by atoms with Gasteiger partial charge >= 0.3 is 5.97 Å². The molecule has 122 valence electrons. The molecule has 2 aromatic rings. The Balaban J connectivity index is 2.52. The van der Waals surface area contributed by atoms with Gasteiger partial charge in [0.15, 0.2) is 0 Å². The highest BCUT2D eigenvalue weighted by molar-refractivity contribution is 7.92. The van der Waals surface area contributed by atoms with E-state index in [1.807, 2.05) is 0 Å². The smallest absolute Gasteiger partial charge is 0.335 e. The third-order valence-corrected chi connectivity index (χ3v) is 4.93. The van der Waals surface area contributed by atoms with Crippen LogP contribution in [0.5, 0.6) is 0 Å². The fourth-order valence-electron chi connectivity index (χ4n) is 2.09. The lowest BCUT2D eigenvalue weighted by Gasteiger charge is -2.25. The van der Waals surface area contributed by atoms with Crippen molar-refractivity contribution in [3.63, 3.8) is 0 Å². The highest BCUT2D eigenvalue weighted by atomic mass is 32.2. The first-order valence-electron chi connectivity index (χ1n) is 6.91. The lowest BCUT2D eigenvalue weighted by Crippen LogP contribution is -2.36.